The van der Waals surface area contributed by atoms with E-state index in [2.05, 4.69) is 36.6 Å². The van der Waals surface area contributed by atoms with Crippen molar-refractivity contribution in [3.8, 4) is 11.3 Å². The number of pyridine rings is 1. The molecule has 0 radical (unpaired) electrons. The molecule has 0 spiro atoms. The van der Waals surface area contributed by atoms with Crippen LogP contribution in [0, 0.1) is 0 Å². The van der Waals surface area contributed by atoms with Crippen LogP contribution >= 0.6 is 0 Å². The zero-order chi connectivity index (χ0) is 26.1. The van der Waals surface area contributed by atoms with Crippen LogP contribution in [0.1, 0.15) is 23.0 Å². The third kappa shape index (κ3) is 4.72. The number of hydrogen-bond donors (Lipinski definition) is 1. The number of fused-ring (bicyclic) bond motifs is 1. The Morgan fingerprint density at radius 2 is 1.71 bits per heavy atom. The third-order valence-corrected chi connectivity index (χ3v) is 7.44. The van der Waals surface area contributed by atoms with E-state index < -0.39 is 0 Å². The number of hydrogen-bond acceptors (Lipinski definition) is 11. The summed E-state index contributed by atoms with van der Waals surface area (Å²) in [6.07, 6.45) is 5.95. The Hall–Kier alpha value is -3.90. The number of carbonyl (C=O) groups is 1. The monoisotopic (exact) mass is 516 g/mol. The SMILES string of the molecule is CCN1CCN(C(=O)c2ccc(N3CCc4c(-c5cnc(N)nc5)nc(N5CCOCC5)nc43)cn2)CC1. The number of nitrogens with two attached hydrogens (primary N) is 1. The van der Waals surface area contributed by atoms with Gasteiger partial charge in [0.15, 0.2) is 0 Å². The number of ether oxygens (including phenoxy) is 1. The Labute approximate surface area is 221 Å². The highest BCUT2D eigenvalue weighted by Gasteiger charge is 2.30. The molecule has 1 amide bonds. The molecule has 0 unspecified atom stereocenters. The summed E-state index contributed by atoms with van der Waals surface area (Å²) in [4.78, 5) is 44.4. The molecule has 3 aromatic rings. The number of anilines is 4. The molecule has 38 heavy (non-hydrogen) atoms. The molecule has 198 valence electrons. The minimum atomic E-state index is -0.0170. The fourth-order valence-corrected chi connectivity index (χ4v) is 5.20. The molecule has 0 aromatic carbocycles. The van der Waals surface area contributed by atoms with E-state index in [4.69, 9.17) is 20.4 Å². The molecule has 2 N–H and O–H groups in total. The average molecular weight is 517 g/mol. The highest BCUT2D eigenvalue weighted by Crippen LogP contribution is 2.39. The van der Waals surface area contributed by atoms with Gasteiger partial charge in [0.2, 0.25) is 11.9 Å². The third-order valence-electron chi connectivity index (χ3n) is 7.44. The van der Waals surface area contributed by atoms with E-state index in [-0.39, 0.29) is 11.9 Å². The van der Waals surface area contributed by atoms with Crippen LogP contribution < -0.4 is 15.5 Å². The molecular formula is C26H32N10O2. The number of rotatable bonds is 5. The topological polar surface area (TPSA) is 130 Å². The lowest BCUT2D eigenvalue weighted by Crippen LogP contribution is -2.48. The number of nitrogen functional groups attached to an aromatic ring is 1. The maximum absolute atomic E-state index is 13.0. The molecule has 3 aliphatic rings. The first-order valence-corrected chi connectivity index (χ1v) is 13.2. The first-order valence-electron chi connectivity index (χ1n) is 13.2. The summed E-state index contributed by atoms with van der Waals surface area (Å²) in [7, 11) is 0. The number of aromatic nitrogens is 5. The van der Waals surface area contributed by atoms with Gasteiger partial charge in [0.25, 0.3) is 5.91 Å². The van der Waals surface area contributed by atoms with Crippen molar-refractivity contribution in [3.63, 3.8) is 0 Å². The lowest BCUT2D eigenvalue weighted by Gasteiger charge is -2.33. The normalized spacial score (nSPS) is 18.1. The maximum Gasteiger partial charge on any atom is 0.272 e. The molecule has 0 saturated carbocycles. The van der Waals surface area contributed by atoms with Crippen LogP contribution in [0.2, 0.25) is 0 Å². The summed E-state index contributed by atoms with van der Waals surface area (Å²) < 4.78 is 5.53. The molecular weight excluding hydrogens is 484 g/mol. The Balaban J connectivity index is 1.29. The lowest BCUT2D eigenvalue weighted by molar-refractivity contribution is 0.0637. The molecule has 3 aliphatic heterocycles. The fourth-order valence-electron chi connectivity index (χ4n) is 5.20. The van der Waals surface area contributed by atoms with E-state index in [0.29, 0.717) is 24.9 Å². The van der Waals surface area contributed by atoms with E-state index in [9.17, 15) is 4.79 Å². The molecule has 6 rings (SSSR count). The van der Waals surface area contributed by atoms with Crippen molar-refractivity contribution in [1.82, 2.24) is 34.7 Å². The Kier molecular flexibility index (Phi) is 6.73. The van der Waals surface area contributed by atoms with Crippen molar-refractivity contribution in [1.29, 1.82) is 0 Å². The molecule has 0 aliphatic carbocycles. The fraction of sp³-hybridized carbons (Fsp3) is 0.462. The van der Waals surface area contributed by atoms with Crippen LogP contribution in [0.15, 0.2) is 30.7 Å². The van der Waals surface area contributed by atoms with Crippen LogP contribution in [0.25, 0.3) is 11.3 Å². The van der Waals surface area contributed by atoms with Gasteiger partial charge < -0.3 is 30.1 Å². The largest absolute Gasteiger partial charge is 0.378 e. The first kappa shape index (κ1) is 24.4. The predicted octanol–water partition coefficient (Wildman–Crippen LogP) is 1.22. The van der Waals surface area contributed by atoms with Crippen molar-refractivity contribution in [2.45, 2.75) is 13.3 Å². The Morgan fingerprint density at radius 3 is 2.39 bits per heavy atom. The number of carbonyl (C=O) groups excluding carboxylic acids is 1. The van der Waals surface area contributed by atoms with Crippen molar-refractivity contribution in [2.24, 2.45) is 0 Å². The molecule has 12 nitrogen and oxygen atoms in total. The number of amides is 1. The van der Waals surface area contributed by atoms with Gasteiger partial charge in [0.05, 0.1) is 30.8 Å². The zero-order valence-electron chi connectivity index (χ0n) is 21.6. The summed E-state index contributed by atoms with van der Waals surface area (Å²) in [5.74, 6) is 1.70. The second-order valence-corrected chi connectivity index (χ2v) is 9.63. The van der Waals surface area contributed by atoms with E-state index in [1.165, 1.54) is 0 Å². The highest BCUT2D eigenvalue weighted by molar-refractivity contribution is 5.92. The van der Waals surface area contributed by atoms with E-state index >= 15 is 0 Å². The van der Waals surface area contributed by atoms with Crippen molar-refractivity contribution in [2.75, 3.05) is 81.1 Å². The molecule has 3 aromatic heterocycles. The van der Waals surface area contributed by atoms with Gasteiger partial charge in [-0.15, -0.1) is 0 Å². The van der Waals surface area contributed by atoms with Gasteiger partial charge >= 0.3 is 0 Å². The Bertz CT molecular complexity index is 1290. The van der Waals surface area contributed by atoms with Gasteiger partial charge in [-0.05, 0) is 25.1 Å². The van der Waals surface area contributed by atoms with Gasteiger partial charge in [-0.1, -0.05) is 6.92 Å². The Morgan fingerprint density at radius 1 is 0.947 bits per heavy atom. The van der Waals surface area contributed by atoms with E-state index in [1.807, 2.05) is 17.0 Å². The number of piperazine rings is 1. The minimum Gasteiger partial charge on any atom is -0.378 e. The second-order valence-electron chi connectivity index (χ2n) is 9.63. The van der Waals surface area contributed by atoms with Crippen LogP contribution in [0.3, 0.4) is 0 Å². The van der Waals surface area contributed by atoms with Gasteiger partial charge in [-0.2, -0.15) is 4.98 Å². The lowest BCUT2D eigenvalue weighted by atomic mass is 10.1. The quantitative estimate of drug-likeness (QED) is 0.525. The first-order chi connectivity index (χ1) is 18.6. The van der Waals surface area contributed by atoms with Crippen LogP contribution in [0.4, 0.5) is 23.4 Å². The van der Waals surface area contributed by atoms with Gasteiger partial charge in [-0.25, -0.2) is 19.9 Å². The van der Waals surface area contributed by atoms with Gasteiger partial charge in [-0.3, -0.25) is 4.79 Å². The maximum atomic E-state index is 13.0. The summed E-state index contributed by atoms with van der Waals surface area (Å²) in [5.41, 5.74) is 9.74. The van der Waals surface area contributed by atoms with Crippen LogP contribution in [0.5, 0.6) is 0 Å². The van der Waals surface area contributed by atoms with Gasteiger partial charge in [0, 0.05) is 69.3 Å². The average Bonchev–Trinajstić information content (AvgIpc) is 3.41. The van der Waals surface area contributed by atoms with E-state index in [0.717, 1.165) is 87.1 Å². The smallest absolute Gasteiger partial charge is 0.272 e. The predicted molar refractivity (Wildman–Crippen MR) is 143 cm³/mol. The number of likely N-dealkylation sites (N-methyl/N-ethyl adjacent to an activating group) is 1. The summed E-state index contributed by atoms with van der Waals surface area (Å²) in [6, 6.07) is 3.78. The highest BCUT2D eigenvalue weighted by atomic mass is 16.5. The van der Waals surface area contributed by atoms with Crippen molar-refractivity contribution >= 4 is 29.3 Å². The van der Waals surface area contributed by atoms with Crippen LogP contribution in [-0.4, -0.2) is 106 Å². The zero-order valence-corrected chi connectivity index (χ0v) is 21.6. The molecule has 0 bridgehead atoms. The molecule has 0 atom stereocenters. The molecule has 12 heteroatoms. The minimum absolute atomic E-state index is 0.0170. The van der Waals surface area contributed by atoms with E-state index in [1.54, 1.807) is 18.6 Å². The standard InChI is InChI=1S/C26H32N10O2/c1-2-33-7-9-34(10-8-33)24(37)21-4-3-19(17-28-21)36-6-5-20-22(18-15-29-25(27)30-16-18)31-26(32-23(20)36)35-11-13-38-14-12-35/h3-4,15-17H,2,5-14H2,1H3,(H2,27,29,30). The number of morpholine rings is 1. The number of nitrogens with zero attached hydrogens (tertiary/aromatic N) is 9. The summed E-state index contributed by atoms with van der Waals surface area (Å²) in [5, 5.41) is 0. The van der Waals surface area contributed by atoms with Gasteiger partial charge in [0.1, 0.15) is 11.5 Å². The summed E-state index contributed by atoms with van der Waals surface area (Å²) >= 11 is 0. The van der Waals surface area contributed by atoms with Crippen LogP contribution in [-0.2, 0) is 11.2 Å². The summed E-state index contributed by atoms with van der Waals surface area (Å²) in [6.45, 7) is 9.87. The second kappa shape index (κ2) is 10.5. The molecule has 2 fully saturated rings. The van der Waals surface area contributed by atoms with Crippen molar-refractivity contribution < 1.29 is 9.53 Å². The molecule has 6 heterocycles. The molecule has 2 saturated heterocycles. The van der Waals surface area contributed by atoms with Crippen molar-refractivity contribution in [3.05, 3.63) is 42.0 Å².